The van der Waals surface area contributed by atoms with Gasteiger partial charge in [0.1, 0.15) is 5.82 Å². The van der Waals surface area contributed by atoms with Crippen molar-refractivity contribution >= 4 is 40.4 Å². The van der Waals surface area contributed by atoms with Gasteiger partial charge >= 0.3 is 0 Å². The van der Waals surface area contributed by atoms with Crippen LogP contribution in [0.5, 0.6) is 0 Å². The van der Waals surface area contributed by atoms with Crippen LogP contribution in [-0.2, 0) is 18.4 Å². The summed E-state index contributed by atoms with van der Waals surface area (Å²) < 4.78 is 0. The third-order valence-corrected chi connectivity index (χ3v) is 7.53. The first-order chi connectivity index (χ1) is 16.1. The molecule has 170 valence electrons. The molecular formula is C27H29ClN4S. The zero-order chi connectivity index (χ0) is 22.7. The number of hydrogen-bond donors (Lipinski definition) is 2. The first-order valence-corrected chi connectivity index (χ1v) is 12.5. The van der Waals surface area contributed by atoms with Crippen molar-refractivity contribution in [3.05, 3.63) is 88.6 Å². The number of fused-ring (bicyclic) bond motifs is 1. The second-order valence-electron chi connectivity index (χ2n) is 9.15. The van der Waals surface area contributed by atoms with E-state index in [9.17, 15) is 0 Å². The number of halogens is 1. The average Bonchev–Trinajstić information content (AvgIpc) is 3.33. The summed E-state index contributed by atoms with van der Waals surface area (Å²) in [6.45, 7) is 2.70. The molecule has 0 amide bonds. The number of rotatable bonds is 5. The summed E-state index contributed by atoms with van der Waals surface area (Å²) in [7, 11) is 0. The van der Waals surface area contributed by atoms with E-state index in [0.717, 1.165) is 55.4 Å². The third-order valence-electron chi connectivity index (χ3n) is 7.05. The Morgan fingerprint density at radius 2 is 1.85 bits per heavy atom. The average molecular weight is 477 g/mol. The molecule has 3 aromatic rings. The minimum absolute atomic E-state index is 0.0866. The summed E-state index contributed by atoms with van der Waals surface area (Å²) in [6, 6.07) is 21.1. The first kappa shape index (κ1) is 22.2. The minimum atomic E-state index is 0.0866. The van der Waals surface area contributed by atoms with Crippen molar-refractivity contribution in [2.24, 2.45) is 0 Å². The number of benzene rings is 2. The molecule has 33 heavy (non-hydrogen) atoms. The lowest BCUT2D eigenvalue weighted by atomic mass is 9.79. The Hall–Kier alpha value is -2.63. The molecule has 6 heteroatoms. The molecule has 1 aromatic heterocycles. The Morgan fingerprint density at radius 3 is 2.61 bits per heavy atom. The fourth-order valence-corrected chi connectivity index (χ4v) is 5.58. The normalized spacial score (nSPS) is 16.8. The molecule has 0 radical (unpaired) electrons. The van der Waals surface area contributed by atoms with Crippen LogP contribution in [0.15, 0.2) is 66.9 Å². The van der Waals surface area contributed by atoms with Crippen LogP contribution in [0.25, 0.3) is 0 Å². The van der Waals surface area contributed by atoms with Crippen molar-refractivity contribution in [3.8, 4) is 0 Å². The van der Waals surface area contributed by atoms with Gasteiger partial charge in [0.15, 0.2) is 5.11 Å². The predicted molar refractivity (Wildman–Crippen MR) is 141 cm³/mol. The zero-order valence-corrected chi connectivity index (χ0v) is 20.3. The van der Waals surface area contributed by atoms with Gasteiger partial charge in [-0.15, -0.1) is 0 Å². The van der Waals surface area contributed by atoms with Gasteiger partial charge in [-0.05, 0) is 72.4 Å². The summed E-state index contributed by atoms with van der Waals surface area (Å²) >= 11 is 11.9. The van der Waals surface area contributed by atoms with Gasteiger partial charge in [0.25, 0.3) is 0 Å². The van der Waals surface area contributed by atoms with Gasteiger partial charge in [-0.25, -0.2) is 4.98 Å². The SMILES string of the molecule is S=C(NCC1(c2cccc(Cl)c2)CCCC1)Nc1ccc(N2CCc3ccccc3C2)nc1. The maximum absolute atomic E-state index is 6.28. The largest absolute Gasteiger partial charge is 0.362 e. The van der Waals surface area contributed by atoms with Crippen LogP contribution < -0.4 is 15.5 Å². The lowest BCUT2D eigenvalue weighted by Gasteiger charge is -2.31. The molecule has 0 atom stereocenters. The van der Waals surface area contributed by atoms with Crippen LogP contribution in [0.1, 0.15) is 42.4 Å². The van der Waals surface area contributed by atoms with E-state index in [1.165, 1.54) is 29.5 Å². The summed E-state index contributed by atoms with van der Waals surface area (Å²) in [6.07, 6.45) is 7.70. The van der Waals surface area contributed by atoms with Crippen molar-refractivity contribution in [1.82, 2.24) is 10.3 Å². The molecule has 5 rings (SSSR count). The molecule has 2 aliphatic rings. The second kappa shape index (κ2) is 9.70. The van der Waals surface area contributed by atoms with E-state index in [4.69, 9.17) is 28.8 Å². The summed E-state index contributed by atoms with van der Waals surface area (Å²) in [5.41, 5.74) is 5.12. The molecule has 0 bridgehead atoms. The lowest BCUT2D eigenvalue weighted by Crippen LogP contribution is -2.40. The topological polar surface area (TPSA) is 40.2 Å². The highest BCUT2D eigenvalue weighted by Gasteiger charge is 2.35. The first-order valence-electron chi connectivity index (χ1n) is 11.7. The zero-order valence-electron chi connectivity index (χ0n) is 18.7. The maximum Gasteiger partial charge on any atom is 0.170 e. The second-order valence-corrected chi connectivity index (χ2v) is 10.00. The summed E-state index contributed by atoms with van der Waals surface area (Å²) in [5, 5.41) is 8.19. The Labute approximate surface area is 206 Å². The molecule has 2 N–H and O–H groups in total. The highest BCUT2D eigenvalue weighted by molar-refractivity contribution is 7.80. The fourth-order valence-electron chi connectivity index (χ4n) is 5.20. The predicted octanol–water partition coefficient (Wildman–Crippen LogP) is 6.10. The number of hydrogen-bond acceptors (Lipinski definition) is 3. The molecule has 0 saturated heterocycles. The molecule has 2 heterocycles. The van der Waals surface area contributed by atoms with E-state index in [0.29, 0.717) is 5.11 Å². The fraction of sp³-hybridized carbons (Fsp3) is 0.333. The van der Waals surface area contributed by atoms with E-state index in [-0.39, 0.29) is 5.41 Å². The van der Waals surface area contributed by atoms with Gasteiger partial charge in [-0.2, -0.15) is 0 Å². The van der Waals surface area contributed by atoms with E-state index in [1.54, 1.807) is 0 Å². The van der Waals surface area contributed by atoms with Crippen molar-refractivity contribution in [2.45, 2.75) is 44.1 Å². The van der Waals surface area contributed by atoms with Crippen LogP contribution in [0.2, 0.25) is 5.02 Å². The number of nitrogens with zero attached hydrogens (tertiary/aromatic N) is 2. The lowest BCUT2D eigenvalue weighted by molar-refractivity contribution is 0.435. The number of pyridine rings is 1. The monoisotopic (exact) mass is 476 g/mol. The minimum Gasteiger partial charge on any atom is -0.362 e. The van der Waals surface area contributed by atoms with Crippen LogP contribution in [0.3, 0.4) is 0 Å². The molecule has 2 aromatic carbocycles. The van der Waals surface area contributed by atoms with Crippen LogP contribution in [-0.4, -0.2) is 23.2 Å². The van der Waals surface area contributed by atoms with Gasteiger partial charge in [-0.3, -0.25) is 0 Å². The van der Waals surface area contributed by atoms with Gasteiger partial charge in [0.05, 0.1) is 11.9 Å². The number of anilines is 2. The summed E-state index contributed by atoms with van der Waals surface area (Å²) in [5.74, 6) is 1.000. The maximum atomic E-state index is 6.28. The summed E-state index contributed by atoms with van der Waals surface area (Å²) in [4.78, 5) is 7.03. The molecule has 1 aliphatic carbocycles. The van der Waals surface area contributed by atoms with Crippen molar-refractivity contribution in [1.29, 1.82) is 0 Å². The van der Waals surface area contributed by atoms with Gasteiger partial charge < -0.3 is 15.5 Å². The highest BCUT2D eigenvalue weighted by atomic mass is 35.5. The smallest absolute Gasteiger partial charge is 0.170 e. The van der Waals surface area contributed by atoms with Crippen molar-refractivity contribution in [2.75, 3.05) is 23.3 Å². The molecule has 1 aliphatic heterocycles. The Kier molecular flexibility index (Phi) is 6.52. The Balaban J connectivity index is 1.19. The van der Waals surface area contributed by atoms with Crippen LogP contribution in [0.4, 0.5) is 11.5 Å². The van der Waals surface area contributed by atoms with Gasteiger partial charge in [0.2, 0.25) is 0 Å². The van der Waals surface area contributed by atoms with Gasteiger partial charge in [0, 0.05) is 30.1 Å². The molecule has 4 nitrogen and oxygen atoms in total. The molecule has 0 spiro atoms. The van der Waals surface area contributed by atoms with Crippen molar-refractivity contribution < 1.29 is 0 Å². The molecular weight excluding hydrogens is 448 g/mol. The quantitative estimate of drug-likeness (QED) is 0.435. The van der Waals surface area contributed by atoms with Gasteiger partial charge in [-0.1, -0.05) is 60.8 Å². The number of aromatic nitrogens is 1. The standard InChI is InChI=1S/C27H29ClN4S/c28-23-9-5-8-22(16-23)27(13-3-4-14-27)19-30-26(33)31-24-10-11-25(29-17-24)32-15-12-20-6-1-2-7-21(20)18-32/h1-2,5-11,16-17H,3-4,12-15,18-19H2,(H2,30,31,33). The molecule has 1 saturated carbocycles. The van der Waals surface area contributed by atoms with E-state index in [2.05, 4.69) is 64.1 Å². The van der Waals surface area contributed by atoms with Crippen LogP contribution >= 0.6 is 23.8 Å². The van der Waals surface area contributed by atoms with Crippen molar-refractivity contribution in [3.63, 3.8) is 0 Å². The highest BCUT2D eigenvalue weighted by Crippen LogP contribution is 2.41. The number of thiocarbonyl (C=S) groups is 1. The molecule has 1 fully saturated rings. The number of nitrogens with one attached hydrogen (secondary N) is 2. The van der Waals surface area contributed by atoms with Crippen LogP contribution in [0, 0.1) is 0 Å². The molecule has 0 unspecified atom stereocenters. The Bertz CT molecular complexity index is 1120. The Morgan fingerprint density at radius 1 is 1.03 bits per heavy atom. The van der Waals surface area contributed by atoms with E-state index < -0.39 is 0 Å². The third kappa shape index (κ3) is 4.99. The van der Waals surface area contributed by atoms with E-state index in [1.807, 2.05) is 18.3 Å². The van der Waals surface area contributed by atoms with E-state index >= 15 is 0 Å².